The van der Waals surface area contributed by atoms with Crippen LogP contribution in [0, 0.1) is 6.92 Å². The van der Waals surface area contributed by atoms with Crippen molar-refractivity contribution in [1.29, 1.82) is 0 Å². The molecule has 0 saturated carbocycles. The lowest BCUT2D eigenvalue weighted by Gasteiger charge is -2.14. The van der Waals surface area contributed by atoms with Crippen LogP contribution in [-0.2, 0) is 16.1 Å². The molecule has 1 aliphatic rings. The number of nitrogens with zero attached hydrogens (tertiary/aromatic N) is 1. The fraction of sp³-hybridized carbons (Fsp3) is 0.148. The SMILES string of the molecule is COc1cc(/C=C2/SC(=S)N(Cc3ccccc3)C2=O)ccc1OCC(=O)Nc1ccccc1C. The Labute approximate surface area is 213 Å². The van der Waals surface area contributed by atoms with Gasteiger partial charge in [0, 0.05) is 5.69 Å². The van der Waals surface area contributed by atoms with E-state index in [-0.39, 0.29) is 18.4 Å². The number of thiocarbonyl (C=S) groups is 1. The Morgan fingerprint density at radius 2 is 1.80 bits per heavy atom. The molecular formula is C27H24N2O4S2. The number of carbonyl (C=O) groups excluding carboxylic acids is 2. The van der Waals surface area contributed by atoms with E-state index in [4.69, 9.17) is 21.7 Å². The number of carbonyl (C=O) groups is 2. The zero-order chi connectivity index (χ0) is 24.8. The summed E-state index contributed by atoms with van der Waals surface area (Å²) in [6.45, 7) is 2.19. The number of benzene rings is 3. The molecule has 1 saturated heterocycles. The Kier molecular flexibility index (Phi) is 7.84. The highest BCUT2D eigenvalue weighted by molar-refractivity contribution is 8.26. The molecule has 35 heavy (non-hydrogen) atoms. The Morgan fingerprint density at radius 3 is 2.54 bits per heavy atom. The van der Waals surface area contributed by atoms with Crippen LogP contribution in [-0.4, -0.2) is 34.8 Å². The number of amides is 2. The molecule has 1 N–H and O–H groups in total. The maximum Gasteiger partial charge on any atom is 0.266 e. The molecule has 1 fully saturated rings. The lowest BCUT2D eigenvalue weighted by atomic mass is 10.1. The van der Waals surface area contributed by atoms with Crippen molar-refractivity contribution < 1.29 is 19.1 Å². The number of ether oxygens (including phenoxy) is 2. The highest BCUT2D eigenvalue weighted by Gasteiger charge is 2.32. The van der Waals surface area contributed by atoms with Gasteiger partial charge in [-0.25, -0.2) is 0 Å². The van der Waals surface area contributed by atoms with Gasteiger partial charge in [-0.3, -0.25) is 14.5 Å². The van der Waals surface area contributed by atoms with Gasteiger partial charge in [0.15, 0.2) is 18.1 Å². The fourth-order valence-corrected chi connectivity index (χ4v) is 4.74. The average Bonchev–Trinajstić information content (AvgIpc) is 3.12. The Morgan fingerprint density at radius 1 is 1.06 bits per heavy atom. The van der Waals surface area contributed by atoms with Crippen molar-refractivity contribution in [2.24, 2.45) is 0 Å². The highest BCUT2D eigenvalue weighted by Crippen LogP contribution is 2.35. The molecular weight excluding hydrogens is 480 g/mol. The molecule has 8 heteroatoms. The molecule has 178 valence electrons. The monoisotopic (exact) mass is 504 g/mol. The van der Waals surface area contributed by atoms with Gasteiger partial charge < -0.3 is 14.8 Å². The van der Waals surface area contributed by atoms with Crippen molar-refractivity contribution in [3.63, 3.8) is 0 Å². The quantitative estimate of drug-likeness (QED) is 0.326. The predicted octanol–water partition coefficient (Wildman–Crippen LogP) is 5.42. The molecule has 1 heterocycles. The van der Waals surface area contributed by atoms with Gasteiger partial charge in [-0.05, 0) is 47.9 Å². The molecule has 2 amide bonds. The predicted molar refractivity (Wildman–Crippen MR) is 143 cm³/mol. The van der Waals surface area contributed by atoms with Crippen molar-refractivity contribution >= 4 is 51.9 Å². The first-order valence-electron chi connectivity index (χ1n) is 10.9. The molecule has 0 spiro atoms. The first-order valence-corrected chi connectivity index (χ1v) is 12.1. The molecule has 0 unspecified atom stereocenters. The third-order valence-electron chi connectivity index (χ3n) is 5.32. The van der Waals surface area contributed by atoms with Crippen LogP contribution < -0.4 is 14.8 Å². The molecule has 0 aromatic heterocycles. The first-order chi connectivity index (χ1) is 16.9. The molecule has 3 aromatic rings. The van der Waals surface area contributed by atoms with Crippen LogP contribution in [0.2, 0.25) is 0 Å². The number of hydrogen-bond acceptors (Lipinski definition) is 6. The zero-order valence-electron chi connectivity index (χ0n) is 19.3. The number of aryl methyl sites for hydroxylation is 1. The van der Waals surface area contributed by atoms with Gasteiger partial charge in [0.05, 0.1) is 18.6 Å². The lowest BCUT2D eigenvalue weighted by Crippen LogP contribution is -2.27. The summed E-state index contributed by atoms with van der Waals surface area (Å²) >= 11 is 6.71. The topological polar surface area (TPSA) is 67.9 Å². The van der Waals surface area contributed by atoms with E-state index in [1.165, 1.54) is 18.9 Å². The van der Waals surface area contributed by atoms with E-state index in [9.17, 15) is 9.59 Å². The normalized spacial score (nSPS) is 14.3. The number of anilines is 1. The molecule has 0 radical (unpaired) electrons. The average molecular weight is 505 g/mol. The van der Waals surface area contributed by atoms with Crippen LogP contribution in [0.4, 0.5) is 5.69 Å². The number of para-hydroxylation sites is 1. The Bertz CT molecular complexity index is 1290. The number of thioether (sulfide) groups is 1. The minimum Gasteiger partial charge on any atom is -0.493 e. The van der Waals surface area contributed by atoms with E-state index >= 15 is 0 Å². The number of nitrogens with one attached hydrogen (secondary N) is 1. The minimum absolute atomic E-state index is 0.129. The van der Waals surface area contributed by atoms with Crippen LogP contribution >= 0.6 is 24.0 Å². The van der Waals surface area contributed by atoms with Gasteiger partial charge in [-0.15, -0.1) is 0 Å². The molecule has 1 aliphatic heterocycles. The first kappa shape index (κ1) is 24.5. The zero-order valence-corrected chi connectivity index (χ0v) is 20.9. The standard InChI is InChI=1S/C27H24N2O4S2/c1-18-8-6-7-11-21(18)28-25(30)17-33-22-13-12-20(14-23(22)32-2)15-24-26(31)29(27(34)35-24)16-19-9-4-3-5-10-19/h3-15H,16-17H2,1-2H3,(H,28,30)/b24-15+. The van der Waals surface area contributed by atoms with Gasteiger partial charge in [0.25, 0.3) is 11.8 Å². The highest BCUT2D eigenvalue weighted by atomic mass is 32.2. The van der Waals surface area contributed by atoms with Crippen molar-refractivity contribution in [2.45, 2.75) is 13.5 Å². The summed E-state index contributed by atoms with van der Waals surface area (Å²) in [6.07, 6.45) is 1.78. The van der Waals surface area contributed by atoms with E-state index in [1.807, 2.05) is 61.5 Å². The summed E-state index contributed by atoms with van der Waals surface area (Å²) in [5.41, 5.74) is 3.49. The fourth-order valence-electron chi connectivity index (χ4n) is 3.49. The van der Waals surface area contributed by atoms with Crippen LogP contribution in [0.5, 0.6) is 11.5 Å². The van der Waals surface area contributed by atoms with E-state index in [1.54, 1.807) is 29.2 Å². The Balaban J connectivity index is 1.42. The van der Waals surface area contributed by atoms with Crippen LogP contribution in [0.25, 0.3) is 6.08 Å². The van der Waals surface area contributed by atoms with Crippen molar-refractivity contribution in [2.75, 3.05) is 19.0 Å². The molecule has 4 rings (SSSR count). The van der Waals surface area contributed by atoms with Gasteiger partial charge in [0.2, 0.25) is 0 Å². The van der Waals surface area contributed by atoms with Crippen LogP contribution in [0.1, 0.15) is 16.7 Å². The summed E-state index contributed by atoms with van der Waals surface area (Å²) in [5.74, 6) is 0.493. The minimum atomic E-state index is -0.271. The third kappa shape index (κ3) is 6.09. The number of methoxy groups -OCH3 is 1. The molecule has 0 aliphatic carbocycles. The van der Waals surface area contributed by atoms with E-state index in [0.717, 1.165) is 22.4 Å². The van der Waals surface area contributed by atoms with E-state index in [0.29, 0.717) is 27.3 Å². The van der Waals surface area contributed by atoms with Crippen molar-refractivity contribution in [3.05, 3.63) is 94.4 Å². The summed E-state index contributed by atoms with van der Waals surface area (Å²) in [5, 5.41) is 2.84. The summed E-state index contributed by atoms with van der Waals surface area (Å²) < 4.78 is 11.7. The molecule has 6 nitrogen and oxygen atoms in total. The smallest absolute Gasteiger partial charge is 0.266 e. The second kappa shape index (κ2) is 11.2. The number of hydrogen-bond donors (Lipinski definition) is 1. The van der Waals surface area contributed by atoms with Crippen molar-refractivity contribution in [1.82, 2.24) is 4.90 Å². The van der Waals surface area contributed by atoms with Crippen molar-refractivity contribution in [3.8, 4) is 11.5 Å². The summed E-state index contributed by atoms with van der Waals surface area (Å²) in [4.78, 5) is 27.4. The van der Waals surface area contributed by atoms with Gasteiger partial charge in [-0.1, -0.05) is 78.6 Å². The maximum atomic E-state index is 12.9. The van der Waals surface area contributed by atoms with Crippen LogP contribution in [0.15, 0.2) is 77.7 Å². The maximum absolute atomic E-state index is 12.9. The van der Waals surface area contributed by atoms with Crippen LogP contribution in [0.3, 0.4) is 0 Å². The second-order valence-electron chi connectivity index (χ2n) is 7.82. The Hall–Kier alpha value is -3.62. The second-order valence-corrected chi connectivity index (χ2v) is 9.49. The number of rotatable bonds is 8. The molecule has 0 atom stereocenters. The van der Waals surface area contributed by atoms with Gasteiger partial charge in [-0.2, -0.15) is 0 Å². The molecule has 3 aromatic carbocycles. The summed E-state index contributed by atoms with van der Waals surface area (Å²) in [6, 6.07) is 22.6. The lowest BCUT2D eigenvalue weighted by molar-refractivity contribution is -0.122. The van der Waals surface area contributed by atoms with E-state index < -0.39 is 0 Å². The largest absolute Gasteiger partial charge is 0.493 e. The van der Waals surface area contributed by atoms with Gasteiger partial charge >= 0.3 is 0 Å². The molecule has 0 bridgehead atoms. The van der Waals surface area contributed by atoms with E-state index in [2.05, 4.69) is 5.32 Å². The third-order valence-corrected chi connectivity index (χ3v) is 6.70. The summed E-state index contributed by atoms with van der Waals surface area (Å²) in [7, 11) is 1.53. The van der Waals surface area contributed by atoms with Gasteiger partial charge in [0.1, 0.15) is 4.32 Å².